The van der Waals surface area contributed by atoms with E-state index in [2.05, 4.69) is 0 Å². The summed E-state index contributed by atoms with van der Waals surface area (Å²) in [5.74, 6) is -0.340. The van der Waals surface area contributed by atoms with Gasteiger partial charge in [0.1, 0.15) is 5.82 Å². The summed E-state index contributed by atoms with van der Waals surface area (Å²) in [5, 5.41) is 0. The zero-order valence-corrected chi connectivity index (χ0v) is 11.4. The highest BCUT2D eigenvalue weighted by atomic mass is 19.1. The summed E-state index contributed by atoms with van der Waals surface area (Å²) in [4.78, 5) is 15.9. The van der Waals surface area contributed by atoms with Crippen LogP contribution in [0.2, 0.25) is 0 Å². The van der Waals surface area contributed by atoms with E-state index in [-0.39, 0.29) is 11.8 Å². The van der Waals surface area contributed by atoms with Crippen LogP contribution >= 0.6 is 0 Å². The molecule has 1 aromatic carbocycles. The lowest BCUT2D eigenvalue weighted by Crippen LogP contribution is -2.44. The van der Waals surface area contributed by atoms with Crippen LogP contribution in [0.1, 0.15) is 32.6 Å². The van der Waals surface area contributed by atoms with E-state index in [4.69, 9.17) is 0 Å². The number of para-hydroxylation sites is 1. The molecule has 1 aromatic rings. The van der Waals surface area contributed by atoms with E-state index in [9.17, 15) is 9.18 Å². The van der Waals surface area contributed by atoms with Crippen LogP contribution in [0.5, 0.6) is 0 Å². The number of halogens is 1. The molecule has 1 aliphatic heterocycles. The van der Waals surface area contributed by atoms with Crippen molar-refractivity contribution >= 4 is 11.7 Å². The molecule has 1 fully saturated rings. The molecule has 0 aromatic heterocycles. The van der Waals surface area contributed by atoms with Crippen molar-refractivity contribution < 1.29 is 9.18 Å². The standard InChI is InChI=1S/C15H21FN2O/c1-2-18(14-10-6-5-9-13(14)16)15(19)17-11-7-3-4-8-12-17/h5-6,9-10H,2-4,7-8,11-12H2,1H3. The highest BCUT2D eigenvalue weighted by Gasteiger charge is 2.23. The second-order valence-electron chi connectivity index (χ2n) is 4.88. The molecule has 104 valence electrons. The fourth-order valence-corrected chi connectivity index (χ4v) is 2.51. The number of hydrogen-bond acceptors (Lipinski definition) is 1. The van der Waals surface area contributed by atoms with Crippen LogP contribution in [-0.4, -0.2) is 30.6 Å². The molecule has 1 aliphatic rings. The molecule has 1 heterocycles. The van der Waals surface area contributed by atoms with E-state index in [0.717, 1.165) is 25.9 Å². The average molecular weight is 264 g/mol. The summed E-state index contributed by atoms with van der Waals surface area (Å²) >= 11 is 0. The normalized spacial score (nSPS) is 16.0. The number of carbonyl (C=O) groups excluding carboxylic acids is 1. The number of carbonyl (C=O) groups is 1. The Morgan fingerprint density at radius 1 is 1.21 bits per heavy atom. The first-order chi connectivity index (χ1) is 9.24. The van der Waals surface area contributed by atoms with Gasteiger partial charge in [-0.05, 0) is 31.9 Å². The fraction of sp³-hybridized carbons (Fsp3) is 0.533. The molecule has 0 aliphatic carbocycles. The number of urea groups is 1. The van der Waals surface area contributed by atoms with E-state index < -0.39 is 0 Å². The third-order valence-corrected chi connectivity index (χ3v) is 3.57. The molecule has 2 amide bonds. The predicted octanol–water partition coefficient (Wildman–Crippen LogP) is 3.65. The highest BCUT2D eigenvalue weighted by Crippen LogP contribution is 2.21. The molecule has 1 saturated heterocycles. The number of nitrogens with zero attached hydrogens (tertiary/aromatic N) is 2. The summed E-state index contributed by atoms with van der Waals surface area (Å²) in [6.45, 7) is 3.92. The molecular formula is C15H21FN2O. The van der Waals surface area contributed by atoms with Gasteiger partial charge in [0.05, 0.1) is 5.69 Å². The molecular weight excluding hydrogens is 243 g/mol. The highest BCUT2D eigenvalue weighted by molar-refractivity contribution is 5.92. The van der Waals surface area contributed by atoms with Gasteiger partial charge < -0.3 is 4.90 Å². The maximum absolute atomic E-state index is 13.8. The third-order valence-electron chi connectivity index (χ3n) is 3.57. The van der Waals surface area contributed by atoms with Crippen LogP contribution in [-0.2, 0) is 0 Å². The van der Waals surface area contributed by atoms with Crippen LogP contribution < -0.4 is 4.90 Å². The van der Waals surface area contributed by atoms with Crippen molar-refractivity contribution in [2.75, 3.05) is 24.5 Å². The van der Waals surface area contributed by atoms with Crippen molar-refractivity contribution in [3.05, 3.63) is 30.1 Å². The van der Waals surface area contributed by atoms with Gasteiger partial charge in [-0.2, -0.15) is 0 Å². The summed E-state index contributed by atoms with van der Waals surface area (Å²) in [6, 6.07) is 6.39. The molecule has 0 bridgehead atoms. The van der Waals surface area contributed by atoms with E-state index in [1.807, 2.05) is 11.8 Å². The van der Waals surface area contributed by atoms with Crippen molar-refractivity contribution in [1.82, 2.24) is 4.90 Å². The van der Waals surface area contributed by atoms with E-state index in [1.54, 1.807) is 18.2 Å². The molecule has 0 N–H and O–H groups in total. The van der Waals surface area contributed by atoms with Gasteiger partial charge >= 0.3 is 6.03 Å². The van der Waals surface area contributed by atoms with Crippen LogP contribution in [0.3, 0.4) is 0 Å². The lowest BCUT2D eigenvalue weighted by molar-refractivity contribution is 0.206. The Kier molecular flexibility index (Phi) is 4.77. The van der Waals surface area contributed by atoms with Gasteiger partial charge in [0.15, 0.2) is 0 Å². The molecule has 4 heteroatoms. The monoisotopic (exact) mass is 264 g/mol. The quantitative estimate of drug-likeness (QED) is 0.799. The van der Waals surface area contributed by atoms with Gasteiger partial charge in [0, 0.05) is 19.6 Å². The van der Waals surface area contributed by atoms with E-state index in [1.165, 1.54) is 23.8 Å². The Balaban J connectivity index is 2.16. The van der Waals surface area contributed by atoms with Gasteiger partial charge in [-0.3, -0.25) is 4.90 Å². The second-order valence-corrected chi connectivity index (χ2v) is 4.88. The average Bonchev–Trinajstić information content (AvgIpc) is 2.70. The molecule has 0 unspecified atom stereocenters. The van der Waals surface area contributed by atoms with E-state index >= 15 is 0 Å². The Labute approximate surface area is 114 Å². The zero-order chi connectivity index (χ0) is 13.7. The molecule has 0 saturated carbocycles. The van der Waals surface area contributed by atoms with Crippen LogP contribution in [0.15, 0.2) is 24.3 Å². The largest absolute Gasteiger partial charge is 0.324 e. The molecule has 3 nitrogen and oxygen atoms in total. The minimum Gasteiger partial charge on any atom is -0.324 e. The summed E-state index contributed by atoms with van der Waals surface area (Å²) in [7, 11) is 0. The van der Waals surface area contributed by atoms with Gasteiger partial charge in [-0.1, -0.05) is 25.0 Å². The van der Waals surface area contributed by atoms with Gasteiger partial charge in [-0.15, -0.1) is 0 Å². The Bertz CT molecular complexity index is 428. The van der Waals surface area contributed by atoms with Gasteiger partial charge in [-0.25, -0.2) is 9.18 Å². The van der Waals surface area contributed by atoms with Gasteiger partial charge in [0.2, 0.25) is 0 Å². The molecule has 2 rings (SSSR count). The Morgan fingerprint density at radius 3 is 2.42 bits per heavy atom. The number of hydrogen-bond donors (Lipinski definition) is 0. The second kappa shape index (κ2) is 6.55. The first-order valence-electron chi connectivity index (χ1n) is 7.05. The molecule has 0 spiro atoms. The third kappa shape index (κ3) is 3.25. The van der Waals surface area contributed by atoms with Crippen molar-refractivity contribution in [3.8, 4) is 0 Å². The van der Waals surface area contributed by atoms with Crippen molar-refractivity contribution in [2.24, 2.45) is 0 Å². The first-order valence-corrected chi connectivity index (χ1v) is 7.05. The maximum Gasteiger partial charge on any atom is 0.324 e. The number of rotatable bonds is 2. The molecule has 19 heavy (non-hydrogen) atoms. The Hall–Kier alpha value is -1.58. The van der Waals surface area contributed by atoms with E-state index in [0.29, 0.717) is 12.2 Å². The summed E-state index contributed by atoms with van der Waals surface area (Å²) in [6.07, 6.45) is 4.44. The van der Waals surface area contributed by atoms with Crippen LogP contribution in [0.4, 0.5) is 14.9 Å². The lowest BCUT2D eigenvalue weighted by atomic mass is 10.2. The van der Waals surface area contributed by atoms with Crippen molar-refractivity contribution in [3.63, 3.8) is 0 Å². The van der Waals surface area contributed by atoms with Crippen molar-refractivity contribution in [1.29, 1.82) is 0 Å². The van der Waals surface area contributed by atoms with Crippen LogP contribution in [0, 0.1) is 5.82 Å². The Morgan fingerprint density at radius 2 is 1.84 bits per heavy atom. The molecule has 0 atom stereocenters. The number of likely N-dealkylation sites (tertiary alicyclic amines) is 1. The SMILES string of the molecule is CCN(C(=O)N1CCCCCC1)c1ccccc1F. The lowest BCUT2D eigenvalue weighted by Gasteiger charge is -2.29. The minimum atomic E-state index is -0.340. The zero-order valence-electron chi connectivity index (χ0n) is 11.4. The van der Waals surface area contributed by atoms with Gasteiger partial charge in [0.25, 0.3) is 0 Å². The minimum absolute atomic E-state index is 0.0745. The molecule has 0 radical (unpaired) electrons. The number of amides is 2. The smallest absolute Gasteiger partial charge is 0.324 e. The maximum atomic E-state index is 13.8. The van der Waals surface area contributed by atoms with Crippen molar-refractivity contribution in [2.45, 2.75) is 32.6 Å². The number of benzene rings is 1. The number of anilines is 1. The topological polar surface area (TPSA) is 23.6 Å². The summed E-state index contributed by atoms with van der Waals surface area (Å²) in [5.41, 5.74) is 0.374. The first kappa shape index (κ1) is 13.8. The van der Waals surface area contributed by atoms with Crippen LogP contribution in [0.25, 0.3) is 0 Å². The predicted molar refractivity (Wildman–Crippen MR) is 74.9 cm³/mol. The summed E-state index contributed by atoms with van der Waals surface area (Å²) < 4.78 is 13.8. The fourth-order valence-electron chi connectivity index (χ4n) is 2.51.